The summed E-state index contributed by atoms with van der Waals surface area (Å²) >= 11 is 1.53. The number of nitrogens with zero attached hydrogens (tertiary/aromatic N) is 3. The molecule has 1 aliphatic heterocycles. The molecule has 0 amide bonds. The quantitative estimate of drug-likeness (QED) is 0.859. The van der Waals surface area contributed by atoms with E-state index >= 15 is 0 Å². The van der Waals surface area contributed by atoms with Crippen LogP contribution in [0.1, 0.15) is 24.6 Å². The summed E-state index contributed by atoms with van der Waals surface area (Å²) in [4.78, 5) is 8.55. The minimum absolute atomic E-state index is 0.380. The van der Waals surface area contributed by atoms with Gasteiger partial charge in [-0.15, -0.1) is 11.3 Å². The Hall–Kier alpha value is -1.27. The van der Waals surface area contributed by atoms with Crippen molar-refractivity contribution in [3.63, 3.8) is 0 Å². The van der Waals surface area contributed by atoms with E-state index in [4.69, 9.17) is 4.52 Å². The molecule has 5 nitrogen and oxygen atoms in total. The molecule has 1 atom stereocenters. The standard InChI is InChI=1S/C10H12N4OS/c1-2-7(4-11-3-1)9-13-10(15-14-9)8-5-16-6-12-8/h5-7,11H,1-4H2. The lowest BCUT2D eigenvalue weighted by Gasteiger charge is -2.19. The lowest BCUT2D eigenvalue weighted by molar-refractivity contribution is 0.393. The highest BCUT2D eigenvalue weighted by Gasteiger charge is 2.21. The molecule has 84 valence electrons. The van der Waals surface area contributed by atoms with Crippen LogP contribution in [-0.2, 0) is 0 Å². The lowest BCUT2D eigenvalue weighted by atomic mass is 9.99. The van der Waals surface area contributed by atoms with Crippen molar-refractivity contribution in [1.82, 2.24) is 20.4 Å². The van der Waals surface area contributed by atoms with Crippen LogP contribution in [0.2, 0.25) is 0 Å². The van der Waals surface area contributed by atoms with E-state index < -0.39 is 0 Å². The van der Waals surface area contributed by atoms with Crippen LogP contribution in [0, 0.1) is 0 Å². The maximum Gasteiger partial charge on any atom is 0.277 e. The van der Waals surface area contributed by atoms with Crippen LogP contribution >= 0.6 is 11.3 Å². The van der Waals surface area contributed by atoms with Gasteiger partial charge in [0.05, 0.1) is 5.51 Å². The molecular formula is C10H12N4OS. The van der Waals surface area contributed by atoms with Gasteiger partial charge in [0.15, 0.2) is 5.82 Å². The van der Waals surface area contributed by atoms with Crippen LogP contribution in [-0.4, -0.2) is 28.2 Å². The average molecular weight is 236 g/mol. The van der Waals surface area contributed by atoms with E-state index in [1.165, 1.54) is 17.8 Å². The van der Waals surface area contributed by atoms with Crippen LogP contribution in [0.25, 0.3) is 11.6 Å². The highest BCUT2D eigenvalue weighted by atomic mass is 32.1. The summed E-state index contributed by atoms with van der Waals surface area (Å²) in [6, 6.07) is 0. The minimum atomic E-state index is 0.380. The van der Waals surface area contributed by atoms with Crippen LogP contribution in [0.5, 0.6) is 0 Å². The third kappa shape index (κ3) is 1.85. The summed E-state index contributed by atoms with van der Waals surface area (Å²) in [5.74, 6) is 1.71. The molecule has 1 aliphatic rings. The molecule has 1 N–H and O–H groups in total. The van der Waals surface area contributed by atoms with Crippen molar-refractivity contribution in [1.29, 1.82) is 0 Å². The molecule has 3 rings (SSSR count). The summed E-state index contributed by atoms with van der Waals surface area (Å²) in [5, 5.41) is 9.29. The normalized spacial score (nSPS) is 21.1. The third-order valence-corrected chi connectivity index (χ3v) is 3.34. The average Bonchev–Trinajstić information content (AvgIpc) is 3.01. The topological polar surface area (TPSA) is 63.8 Å². The van der Waals surface area contributed by atoms with Gasteiger partial charge in [-0.3, -0.25) is 0 Å². The van der Waals surface area contributed by atoms with Gasteiger partial charge in [-0.05, 0) is 19.4 Å². The molecule has 0 radical (unpaired) electrons. The number of hydrogen-bond donors (Lipinski definition) is 1. The van der Waals surface area contributed by atoms with Crippen LogP contribution in [0.3, 0.4) is 0 Å². The minimum Gasteiger partial charge on any atom is -0.332 e. The molecule has 6 heteroatoms. The second kappa shape index (κ2) is 4.31. The van der Waals surface area contributed by atoms with Crippen molar-refractivity contribution in [2.45, 2.75) is 18.8 Å². The lowest BCUT2D eigenvalue weighted by Crippen LogP contribution is -2.28. The highest BCUT2D eigenvalue weighted by molar-refractivity contribution is 7.07. The maximum absolute atomic E-state index is 5.22. The van der Waals surface area contributed by atoms with Gasteiger partial charge in [-0.2, -0.15) is 4.98 Å². The fourth-order valence-electron chi connectivity index (χ4n) is 1.90. The van der Waals surface area contributed by atoms with E-state index in [1.807, 2.05) is 5.38 Å². The molecule has 1 saturated heterocycles. The van der Waals surface area contributed by atoms with E-state index in [9.17, 15) is 0 Å². The molecule has 0 aromatic carbocycles. The largest absolute Gasteiger partial charge is 0.332 e. The van der Waals surface area contributed by atoms with Crippen LogP contribution in [0.4, 0.5) is 0 Å². The summed E-state index contributed by atoms with van der Waals surface area (Å²) in [7, 11) is 0. The number of nitrogens with one attached hydrogen (secondary N) is 1. The molecule has 0 bridgehead atoms. The van der Waals surface area contributed by atoms with Gasteiger partial charge < -0.3 is 9.84 Å². The third-order valence-electron chi connectivity index (χ3n) is 2.76. The molecule has 0 spiro atoms. The van der Waals surface area contributed by atoms with Gasteiger partial charge in [0, 0.05) is 17.8 Å². The molecule has 0 aliphatic carbocycles. The van der Waals surface area contributed by atoms with E-state index in [-0.39, 0.29) is 0 Å². The Labute approximate surface area is 96.9 Å². The Morgan fingerprint density at radius 3 is 3.25 bits per heavy atom. The Morgan fingerprint density at radius 2 is 2.50 bits per heavy atom. The van der Waals surface area contributed by atoms with Gasteiger partial charge in [-0.1, -0.05) is 5.16 Å². The molecule has 0 saturated carbocycles. The summed E-state index contributed by atoms with van der Waals surface area (Å²) in [5.41, 5.74) is 2.54. The number of aromatic nitrogens is 3. The first kappa shape index (κ1) is 9.92. The molecule has 2 aromatic heterocycles. The van der Waals surface area contributed by atoms with Crippen molar-refractivity contribution < 1.29 is 4.52 Å². The highest BCUT2D eigenvalue weighted by Crippen LogP contribution is 2.23. The van der Waals surface area contributed by atoms with Gasteiger partial charge in [-0.25, -0.2) is 4.98 Å². The zero-order chi connectivity index (χ0) is 10.8. The molecule has 3 heterocycles. The fourth-order valence-corrected chi connectivity index (χ4v) is 2.42. The van der Waals surface area contributed by atoms with Gasteiger partial charge in [0.2, 0.25) is 0 Å². The van der Waals surface area contributed by atoms with Crippen molar-refractivity contribution in [2.75, 3.05) is 13.1 Å². The maximum atomic E-state index is 5.22. The second-order valence-corrected chi connectivity index (χ2v) is 4.59. The van der Waals surface area contributed by atoms with Gasteiger partial charge in [0.25, 0.3) is 5.89 Å². The van der Waals surface area contributed by atoms with E-state index in [1.54, 1.807) is 5.51 Å². The summed E-state index contributed by atoms with van der Waals surface area (Å²) in [6.07, 6.45) is 2.30. The number of hydrogen-bond acceptors (Lipinski definition) is 6. The van der Waals surface area contributed by atoms with Crippen molar-refractivity contribution in [3.05, 3.63) is 16.7 Å². The Kier molecular flexibility index (Phi) is 2.67. The zero-order valence-corrected chi connectivity index (χ0v) is 9.54. The number of thiazole rings is 1. The van der Waals surface area contributed by atoms with Crippen LogP contribution in [0.15, 0.2) is 15.4 Å². The van der Waals surface area contributed by atoms with Gasteiger partial charge in [0.1, 0.15) is 5.69 Å². The Morgan fingerprint density at radius 1 is 1.50 bits per heavy atom. The molecule has 1 fully saturated rings. The first-order chi connectivity index (χ1) is 7.93. The second-order valence-electron chi connectivity index (χ2n) is 3.87. The Balaban J connectivity index is 1.82. The van der Waals surface area contributed by atoms with Crippen molar-refractivity contribution in [2.24, 2.45) is 0 Å². The molecule has 1 unspecified atom stereocenters. The number of rotatable bonds is 2. The zero-order valence-electron chi connectivity index (χ0n) is 8.72. The predicted octanol–water partition coefficient (Wildman–Crippen LogP) is 1.66. The van der Waals surface area contributed by atoms with Crippen molar-refractivity contribution >= 4 is 11.3 Å². The van der Waals surface area contributed by atoms with Gasteiger partial charge >= 0.3 is 0 Å². The molecule has 16 heavy (non-hydrogen) atoms. The Bertz CT molecular complexity index is 447. The molecule has 2 aromatic rings. The summed E-state index contributed by atoms with van der Waals surface area (Å²) in [6.45, 7) is 2.03. The smallest absolute Gasteiger partial charge is 0.277 e. The monoisotopic (exact) mass is 236 g/mol. The molecular weight excluding hydrogens is 224 g/mol. The van der Waals surface area contributed by atoms with Crippen molar-refractivity contribution in [3.8, 4) is 11.6 Å². The first-order valence-electron chi connectivity index (χ1n) is 5.36. The summed E-state index contributed by atoms with van der Waals surface area (Å²) < 4.78 is 5.22. The predicted molar refractivity (Wildman–Crippen MR) is 60.3 cm³/mol. The van der Waals surface area contributed by atoms with E-state index in [0.717, 1.165) is 31.0 Å². The SMILES string of the molecule is c1nc(-c2nc(C3CCCNC3)no2)cs1. The van der Waals surface area contributed by atoms with E-state index in [0.29, 0.717) is 11.8 Å². The first-order valence-corrected chi connectivity index (χ1v) is 6.30. The van der Waals surface area contributed by atoms with Crippen LogP contribution < -0.4 is 5.32 Å². The number of piperidine rings is 1. The fraction of sp³-hybridized carbons (Fsp3) is 0.500. The van der Waals surface area contributed by atoms with E-state index in [2.05, 4.69) is 20.4 Å².